The zero-order valence-corrected chi connectivity index (χ0v) is 22.4. The van der Waals surface area contributed by atoms with E-state index in [0.717, 1.165) is 35.5 Å². The summed E-state index contributed by atoms with van der Waals surface area (Å²) in [4.78, 5) is 58.6. The Morgan fingerprint density at radius 2 is 1.90 bits per heavy atom. The molecule has 5 rings (SSSR count). The van der Waals surface area contributed by atoms with Crippen LogP contribution in [-0.4, -0.2) is 76.6 Å². The van der Waals surface area contributed by atoms with Crippen molar-refractivity contribution in [2.24, 2.45) is 11.3 Å². The van der Waals surface area contributed by atoms with E-state index in [0.29, 0.717) is 24.6 Å². The lowest BCUT2D eigenvalue weighted by Gasteiger charge is -2.41. The number of para-hydroxylation sites is 2. The Labute approximate surface area is 226 Å². The summed E-state index contributed by atoms with van der Waals surface area (Å²) in [5.74, 6) is -1.21. The third-order valence-electron chi connectivity index (χ3n) is 7.57. The molecule has 3 fully saturated rings. The molecule has 1 unspecified atom stereocenters. The SMILES string of the molecule is COc1ccccc1N(CC1OCCCC1(C)C)C(=O)Cc1noc(CN2C(=O)C(=O)N(CC3CC3)C2=O)n1. The van der Waals surface area contributed by atoms with Crippen LogP contribution in [0.4, 0.5) is 10.5 Å². The maximum absolute atomic E-state index is 13.6. The molecule has 0 N–H and O–H groups in total. The van der Waals surface area contributed by atoms with Gasteiger partial charge >= 0.3 is 17.8 Å². The van der Waals surface area contributed by atoms with E-state index in [1.165, 1.54) is 0 Å². The van der Waals surface area contributed by atoms with E-state index in [1.54, 1.807) is 18.1 Å². The summed E-state index contributed by atoms with van der Waals surface area (Å²) in [6.07, 6.45) is 3.43. The van der Waals surface area contributed by atoms with Crippen molar-refractivity contribution in [1.82, 2.24) is 19.9 Å². The standard InChI is InChI=1S/C27H33N5O7/c1-27(2)11-6-12-38-20(27)15-30(18-7-4-5-8-19(18)37-3)23(33)13-21-28-22(39-29-21)16-32-25(35)24(34)31(26(32)36)14-17-9-10-17/h4-5,7-8,17,20H,6,9-16H2,1-3H3. The molecule has 3 aliphatic rings. The van der Waals surface area contributed by atoms with Crippen LogP contribution in [0.15, 0.2) is 28.8 Å². The summed E-state index contributed by atoms with van der Waals surface area (Å²) in [6.45, 7) is 5.10. The van der Waals surface area contributed by atoms with E-state index in [2.05, 4.69) is 24.0 Å². The van der Waals surface area contributed by atoms with Gasteiger partial charge in [0.15, 0.2) is 5.82 Å². The van der Waals surface area contributed by atoms with Gasteiger partial charge in [-0.3, -0.25) is 19.3 Å². The van der Waals surface area contributed by atoms with Crippen molar-refractivity contribution in [1.29, 1.82) is 0 Å². The molecule has 3 heterocycles. The zero-order valence-electron chi connectivity index (χ0n) is 22.4. The summed E-state index contributed by atoms with van der Waals surface area (Å²) in [7, 11) is 1.55. The number of methoxy groups -OCH3 is 1. The molecule has 12 heteroatoms. The topological polar surface area (TPSA) is 135 Å². The van der Waals surface area contributed by atoms with Crippen LogP contribution in [0.3, 0.4) is 0 Å². The normalized spacial score (nSPS) is 21.0. The Balaban J connectivity index is 1.31. The fourth-order valence-corrected chi connectivity index (χ4v) is 4.99. The first kappa shape index (κ1) is 26.8. The molecule has 2 aliphatic heterocycles. The number of carbonyl (C=O) groups excluding carboxylic acids is 4. The first-order valence-electron chi connectivity index (χ1n) is 13.2. The van der Waals surface area contributed by atoms with Crippen molar-refractivity contribution >= 4 is 29.4 Å². The highest BCUT2D eigenvalue weighted by molar-refractivity contribution is 6.44. The van der Waals surface area contributed by atoms with E-state index < -0.39 is 17.8 Å². The maximum atomic E-state index is 13.6. The monoisotopic (exact) mass is 539 g/mol. The van der Waals surface area contributed by atoms with Crippen LogP contribution in [0.2, 0.25) is 0 Å². The smallest absolute Gasteiger partial charge is 0.334 e. The summed E-state index contributed by atoms with van der Waals surface area (Å²) in [5, 5.41) is 3.89. The highest BCUT2D eigenvalue weighted by atomic mass is 16.5. The molecule has 0 bridgehead atoms. The van der Waals surface area contributed by atoms with Crippen molar-refractivity contribution in [2.45, 2.75) is 58.6 Å². The van der Waals surface area contributed by atoms with Gasteiger partial charge in [-0.05, 0) is 49.1 Å². The molecule has 12 nitrogen and oxygen atoms in total. The van der Waals surface area contributed by atoms with Gasteiger partial charge < -0.3 is 18.9 Å². The molecule has 1 saturated carbocycles. The molecule has 39 heavy (non-hydrogen) atoms. The second-order valence-corrected chi connectivity index (χ2v) is 10.9. The quantitative estimate of drug-likeness (QED) is 0.330. The van der Waals surface area contributed by atoms with E-state index in [-0.39, 0.29) is 54.6 Å². The Bertz CT molecular complexity index is 1270. The molecular weight excluding hydrogens is 506 g/mol. The fourth-order valence-electron chi connectivity index (χ4n) is 4.99. The number of aromatic nitrogens is 2. The van der Waals surface area contributed by atoms with Gasteiger partial charge in [0.25, 0.3) is 0 Å². The van der Waals surface area contributed by atoms with Gasteiger partial charge in [0.2, 0.25) is 11.8 Å². The molecule has 1 aliphatic carbocycles. The number of hydrogen-bond donors (Lipinski definition) is 0. The average molecular weight is 540 g/mol. The largest absolute Gasteiger partial charge is 0.495 e. The molecule has 1 aromatic heterocycles. The molecule has 208 valence electrons. The summed E-state index contributed by atoms with van der Waals surface area (Å²) < 4.78 is 16.8. The van der Waals surface area contributed by atoms with Crippen molar-refractivity contribution in [3.05, 3.63) is 36.0 Å². The molecule has 0 spiro atoms. The number of ether oxygens (including phenoxy) is 2. The number of anilines is 1. The van der Waals surface area contributed by atoms with Gasteiger partial charge in [-0.25, -0.2) is 9.69 Å². The van der Waals surface area contributed by atoms with Gasteiger partial charge in [0, 0.05) is 13.2 Å². The Kier molecular flexibility index (Phi) is 7.39. The third-order valence-corrected chi connectivity index (χ3v) is 7.57. The number of amides is 5. The number of urea groups is 1. The van der Waals surface area contributed by atoms with Crippen LogP contribution < -0.4 is 9.64 Å². The number of rotatable bonds is 10. The molecule has 1 aromatic carbocycles. The molecular formula is C27H33N5O7. The predicted octanol–water partition coefficient (Wildman–Crippen LogP) is 2.56. The Hall–Kier alpha value is -3.80. The Morgan fingerprint density at radius 1 is 1.15 bits per heavy atom. The predicted molar refractivity (Wildman–Crippen MR) is 136 cm³/mol. The zero-order chi connectivity index (χ0) is 27.7. The van der Waals surface area contributed by atoms with Gasteiger partial charge in [0.05, 0.1) is 31.9 Å². The molecule has 0 radical (unpaired) electrons. The van der Waals surface area contributed by atoms with Gasteiger partial charge in [-0.2, -0.15) is 4.98 Å². The van der Waals surface area contributed by atoms with Crippen LogP contribution in [0.5, 0.6) is 5.75 Å². The van der Waals surface area contributed by atoms with Gasteiger partial charge in [0.1, 0.15) is 12.3 Å². The fraction of sp³-hybridized carbons (Fsp3) is 0.556. The summed E-state index contributed by atoms with van der Waals surface area (Å²) in [6, 6.07) is 6.56. The van der Waals surface area contributed by atoms with Crippen LogP contribution >= 0.6 is 0 Å². The summed E-state index contributed by atoms with van der Waals surface area (Å²) in [5.41, 5.74) is 0.471. The summed E-state index contributed by atoms with van der Waals surface area (Å²) >= 11 is 0. The van der Waals surface area contributed by atoms with E-state index >= 15 is 0 Å². The first-order chi connectivity index (χ1) is 18.7. The molecule has 5 amide bonds. The highest BCUT2D eigenvalue weighted by Crippen LogP contribution is 2.36. The van der Waals surface area contributed by atoms with E-state index in [9.17, 15) is 19.2 Å². The maximum Gasteiger partial charge on any atom is 0.334 e. The number of carbonyl (C=O) groups is 4. The minimum absolute atomic E-state index is 0.0406. The molecule has 1 atom stereocenters. The van der Waals surface area contributed by atoms with E-state index in [1.807, 2.05) is 18.2 Å². The van der Waals surface area contributed by atoms with Crippen LogP contribution in [0, 0.1) is 11.3 Å². The molecule has 2 saturated heterocycles. The van der Waals surface area contributed by atoms with Crippen molar-refractivity contribution in [3.63, 3.8) is 0 Å². The van der Waals surface area contributed by atoms with Crippen LogP contribution in [0.25, 0.3) is 0 Å². The van der Waals surface area contributed by atoms with Crippen molar-refractivity contribution in [3.8, 4) is 5.75 Å². The van der Waals surface area contributed by atoms with Gasteiger partial charge in [-0.15, -0.1) is 0 Å². The van der Waals surface area contributed by atoms with E-state index in [4.69, 9.17) is 14.0 Å². The Morgan fingerprint density at radius 3 is 2.62 bits per heavy atom. The lowest BCUT2D eigenvalue weighted by Crippen LogP contribution is -2.47. The second kappa shape index (κ2) is 10.8. The first-order valence-corrected chi connectivity index (χ1v) is 13.2. The van der Waals surface area contributed by atoms with Gasteiger partial charge in [-0.1, -0.05) is 31.1 Å². The lowest BCUT2D eigenvalue weighted by atomic mass is 9.80. The third kappa shape index (κ3) is 5.65. The minimum atomic E-state index is -0.922. The van der Waals surface area contributed by atoms with Crippen LogP contribution in [0.1, 0.15) is 51.2 Å². The lowest BCUT2D eigenvalue weighted by molar-refractivity contribution is -0.143. The number of hydrogen-bond acceptors (Lipinski definition) is 9. The minimum Gasteiger partial charge on any atom is -0.495 e. The second-order valence-electron chi connectivity index (χ2n) is 10.9. The number of nitrogens with zero attached hydrogens (tertiary/aromatic N) is 5. The highest BCUT2D eigenvalue weighted by Gasteiger charge is 2.47. The van der Waals surface area contributed by atoms with Crippen LogP contribution in [-0.2, 0) is 32.1 Å². The van der Waals surface area contributed by atoms with Crippen molar-refractivity contribution < 1.29 is 33.2 Å². The number of imide groups is 2. The average Bonchev–Trinajstić information content (AvgIpc) is 3.60. The van der Waals surface area contributed by atoms with Crippen molar-refractivity contribution in [2.75, 3.05) is 31.7 Å². The molecule has 2 aromatic rings. The number of benzene rings is 1.